The number of H-pyrrole nitrogens is 1. The van der Waals surface area contributed by atoms with E-state index >= 15 is 0 Å². The first kappa shape index (κ1) is 17.3. The summed E-state index contributed by atoms with van der Waals surface area (Å²) in [5.41, 5.74) is 4.21. The van der Waals surface area contributed by atoms with Crippen molar-refractivity contribution in [2.24, 2.45) is 0 Å². The molecular weight excluding hydrogens is 345 g/mol. The highest BCUT2D eigenvalue weighted by Gasteiger charge is 2.23. The van der Waals surface area contributed by atoms with Crippen molar-refractivity contribution < 1.29 is 4.79 Å². The van der Waals surface area contributed by atoms with Gasteiger partial charge in [-0.2, -0.15) is 5.10 Å². The van der Waals surface area contributed by atoms with Crippen molar-refractivity contribution >= 4 is 29.1 Å². The van der Waals surface area contributed by atoms with Crippen LogP contribution in [-0.4, -0.2) is 28.1 Å². The summed E-state index contributed by atoms with van der Waals surface area (Å²) in [4.78, 5) is 14.4. The highest BCUT2D eigenvalue weighted by Crippen LogP contribution is 2.30. The number of carbonyl (C=O) groups excluding carboxylic acids is 1. The first-order chi connectivity index (χ1) is 11.5. The fourth-order valence-corrected chi connectivity index (χ4v) is 3.80. The third-order valence-electron chi connectivity index (χ3n) is 4.85. The van der Waals surface area contributed by atoms with E-state index in [4.69, 9.17) is 23.2 Å². The van der Waals surface area contributed by atoms with Gasteiger partial charge in [-0.3, -0.25) is 9.89 Å². The summed E-state index contributed by atoms with van der Waals surface area (Å²) in [6.07, 6.45) is 4.71. The van der Waals surface area contributed by atoms with Crippen LogP contribution < -0.4 is 0 Å². The van der Waals surface area contributed by atoms with Gasteiger partial charge in [0, 0.05) is 22.8 Å². The number of rotatable bonds is 4. The van der Waals surface area contributed by atoms with E-state index in [1.54, 1.807) is 24.1 Å². The van der Waals surface area contributed by atoms with Crippen LogP contribution in [0.4, 0.5) is 0 Å². The summed E-state index contributed by atoms with van der Waals surface area (Å²) >= 11 is 12.2. The van der Waals surface area contributed by atoms with Gasteiger partial charge in [-0.15, -0.1) is 0 Å². The molecule has 128 valence electrons. The molecule has 24 heavy (non-hydrogen) atoms. The lowest BCUT2D eigenvalue weighted by Gasteiger charge is -2.26. The molecule has 1 N–H and O–H groups in total. The van der Waals surface area contributed by atoms with Crippen LogP contribution in [0.25, 0.3) is 0 Å². The number of halogens is 2. The number of aromatic nitrogens is 2. The maximum Gasteiger partial charge on any atom is 0.228 e. The summed E-state index contributed by atoms with van der Waals surface area (Å²) in [5.74, 6) is 0.0355. The molecule has 1 heterocycles. The van der Waals surface area contributed by atoms with Crippen LogP contribution in [-0.2, 0) is 24.1 Å². The average Bonchev–Trinajstić information content (AvgIpc) is 2.97. The number of aryl methyl sites for hydroxylation is 1. The van der Waals surface area contributed by atoms with Crippen molar-refractivity contribution in [2.75, 3.05) is 7.05 Å². The molecule has 1 aliphatic rings. The number of aromatic amines is 1. The molecule has 0 saturated heterocycles. The zero-order valence-electron chi connectivity index (χ0n) is 13.9. The second kappa shape index (κ2) is 7.16. The number of carbonyl (C=O) groups is 1. The predicted molar refractivity (Wildman–Crippen MR) is 96.6 cm³/mol. The van der Waals surface area contributed by atoms with Gasteiger partial charge in [-0.25, -0.2) is 0 Å². The van der Waals surface area contributed by atoms with Crippen molar-refractivity contribution in [3.63, 3.8) is 0 Å². The number of nitrogens with zero attached hydrogens (tertiary/aromatic N) is 2. The first-order valence-corrected chi connectivity index (χ1v) is 8.98. The smallest absolute Gasteiger partial charge is 0.228 e. The van der Waals surface area contributed by atoms with E-state index in [1.165, 1.54) is 24.1 Å². The molecule has 1 aliphatic carbocycles. The largest absolute Gasteiger partial charge is 0.339 e. The van der Waals surface area contributed by atoms with Gasteiger partial charge in [0.25, 0.3) is 0 Å². The van der Waals surface area contributed by atoms with Crippen LogP contribution >= 0.6 is 23.2 Å². The minimum Gasteiger partial charge on any atom is -0.339 e. The first-order valence-electron chi connectivity index (χ1n) is 8.23. The Morgan fingerprint density at radius 3 is 2.83 bits per heavy atom. The Hall–Kier alpha value is -1.52. The molecular formula is C18H21Cl2N3O. The molecule has 2 aromatic rings. The number of fused-ring (bicyclic) bond motifs is 1. The third-order valence-corrected chi connectivity index (χ3v) is 5.41. The molecule has 0 radical (unpaired) electrons. The van der Waals surface area contributed by atoms with Crippen molar-refractivity contribution in [3.8, 4) is 0 Å². The average molecular weight is 366 g/mol. The van der Waals surface area contributed by atoms with E-state index in [0.29, 0.717) is 16.5 Å². The number of hydrogen-bond donors (Lipinski definition) is 1. The van der Waals surface area contributed by atoms with Crippen molar-refractivity contribution in [2.45, 2.75) is 45.1 Å². The Morgan fingerprint density at radius 1 is 1.33 bits per heavy atom. The number of benzene rings is 1. The van der Waals surface area contributed by atoms with Crippen molar-refractivity contribution in [3.05, 3.63) is 50.8 Å². The summed E-state index contributed by atoms with van der Waals surface area (Å²) in [7, 11) is 1.80. The minimum absolute atomic E-state index is 0.0355. The summed E-state index contributed by atoms with van der Waals surface area (Å²) in [6.45, 7) is 1.97. The molecule has 1 atom stereocenters. The molecule has 0 fully saturated rings. The fraction of sp³-hybridized carbons (Fsp3) is 0.444. The quantitative estimate of drug-likeness (QED) is 0.874. The van der Waals surface area contributed by atoms with E-state index in [2.05, 4.69) is 10.2 Å². The molecule has 3 rings (SSSR count). The molecule has 1 aromatic heterocycles. The summed E-state index contributed by atoms with van der Waals surface area (Å²) in [6, 6.07) is 5.24. The molecule has 0 unspecified atom stereocenters. The molecule has 0 aliphatic heterocycles. The van der Waals surface area contributed by atoms with E-state index < -0.39 is 0 Å². The Labute approximate surface area is 152 Å². The monoisotopic (exact) mass is 365 g/mol. The van der Waals surface area contributed by atoms with Gasteiger partial charge < -0.3 is 4.90 Å². The van der Waals surface area contributed by atoms with Gasteiger partial charge in [0.05, 0.1) is 18.2 Å². The van der Waals surface area contributed by atoms with Crippen LogP contribution in [0.3, 0.4) is 0 Å². The second-order valence-electron chi connectivity index (χ2n) is 6.36. The maximum absolute atomic E-state index is 12.7. The summed E-state index contributed by atoms with van der Waals surface area (Å²) in [5, 5.41) is 8.62. The number of nitrogens with one attached hydrogen (secondary N) is 1. The molecule has 0 bridgehead atoms. The zero-order chi connectivity index (χ0) is 17.3. The topological polar surface area (TPSA) is 49.0 Å². The van der Waals surface area contributed by atoms with E-state index in [0.717, 1.165) is 24.1 Å². The molecule has 6 heteroatoms. The number of amides is 1. The van der Waals surface area contributed by atoms with Crippen LogP contribution in [0.5, 0.6) is 0 Å². The van der Waals surface area contributed by atoms with Crippen molar-refractivity contribution in [1.29, 1.82) is 0 Å². The highest BCUT2D eigenvalue weighted by atomic mass is 35.5. The fourth-order valence-electron chi connectivity index (χ4n) is 3.23. The number of likely N-dealkylation sites (N-methyl/N-ethyl adjacent to an activating group) is 1. The SMILES string of the molecule is C[C@@H](c1ccc(Cl)cc1Cl)N(C)C(=O)Cc1n[nH]c2c1CCCC2. The van der Waals surface area contributed by atoms with Crippen LogP contribution in [0.2, 0.25) is 10.0 Å². The normalized spacial score (nSPS) is 15.0. The maximum atomic E-state index is 12.7. The third kappa shape index (κ3) is 3.45. The molecule has 1 aromatic carbocycles. The van der Waals surface area contributed by atoms with Gasteiger partial charge in [0.1, 0.15) is 0 Å². The van der Waals surface area contributed by atoms with E-state index in [1.807, 2.05) is 13.0 Å². The molecule has 1 amide bonds. The Morgan fingerprint density at radius 2 is 2.08 bits per heavy atom. The van der Waals surface area contributed by atoms with Gasteiger partial charge in [-0.05, 0) is 55.9 Å². The van der Waals surface area contributed by atoms with Gasteiger partial charge in [-0.1, -0.05) is 29.3 Å². The lowest BCUT2D eigenvalue weighted by atomic mass is 9.95. The molecule has 0 saturated carbocycles. The predicted octanol–water partition coefficient (Wildman–Crippen LogP) is 4.36. The van der Waals surface area contributed by atoms with Gasteiger partial charge >= 0.3 is 0 Å². The highest BCUT2D eigenvalue weighted by molar-refractivity contribution is 6.35. The molecule has 4 nitrogen and oxygen atoms in total. The Balaban J connectivity index is 1.73. The van der Waals surface area contributed by atoms with Crippen LogP contribution in [0, 0.1) is 0 Å². The lowest BCUT2D eigenvalue weighted by Crippen LogP contribution is -2.31. The van der Waals surface area contributed by atoms with Crippen molar-refractivity contribution in [1.82, 2.24) is 15.1 Å². The Kier molecular flexibility index (Phi) is 5.16. The van der Waals surface area contributed by atoms with Gasteiger partial charge in [0.15, 0.2) is 0 Å². The zero-order valence-corrected chi connectivity index (χ0v) is 15.4. The van der Waals surface area contributed by atoms with E-state index in [9.17, 15) is 4.79 Å². The van der Waals surface area contributed by atoms with Gasteiger partial charge in [0.2, 0.25) is 5.91 Å². The molecule has 0 spiro atoms. The van der Waals surface area contributed by atoms with Crippen LogP contribution in [0.1, 0.15) is 48.3 Å². The van der Waals surface area contributed by atoms with Crippen LogP contribution in [0.15, 0.2) is 18.2 Å². The van der Waals surface area contributed by atoms with E-state index in [-0.39, 0.29) is 11.9 Å². The Bertz CT molecular complexity index is 757. The standard InChI is InChI=1S/C18H21Cl2N3O/c1-11(13-8-7-12(19)9-15(13)20)23(2)18(24)10-17-14-5-3-4-6-16(14)21-22-17/h7-9,11H,3-6,10H2,1-2H3,(H,21,22)/t11-/m0/s1. The lowest BCUT2D eigenvalue weighted by molar-refractivity contribution is -0.131. The number of hydrogen-bond acceptors (Lipinski definition) is 2. The second-order valence-corrected chi connectivity index (χ2v) is 7.20. The summed E-state index contributed by atoms with van der Waals surface area (Å²) < 4.78 is 0. The minimum atomic E-state index is -0.128.